The van der Waals surface area contributed by atoms with E-state index in [0.717, 1.165) is 6.42 Å². The average Bonchev–Trinajstić information content (AvgIpc) is 3.10. The van der Waals surface area contributed by atoms with E-state index in [1.807, 2.05) is 6.92 Å². The largest absolute Gasteiger partial charge is 0.336 e. The SMILES string of the molecule is C[C@@H]1C[C@@H]1C(=O)N(C)CC(=O)Nc1ccc(Cl)c(Cl)c1. The van der Waals surface area contributed by atoms with Gasteiger partial charge in [0.1, 0.15) is 0 Å². The van der Waals surface area contributed by atoms with Crippen LogP contribution in [0.15, 0.2) is 18.2 Å². The Labute approximate surface area is 128 Å². The van der Waals surface area contributed by atoms with E-state index >= 15 is 0 Å². The first-order chi connectivity index (χ1) is 9.38. The van der Waals surface area contributed by atoms with Crippen LogP contribution in [0.4, 0.5) is 5.69 Å². The number of hydrogen-bond donors (Lipinski definition) is 1. The lowest BCUT2D eigenvalue weighted by molar-refractivity contribution is -0.134. The molecule has 0 heterocycles. The molecule has 0 radical (unpaired) electrons. The number of benzene rings is 1. The van der Waals surface area contributed by atoms with E-state index in [1.54, 1.807) is 25.2 Å². The summed E-state index contributed by atoms with van der Waals surface area (Å²) < 4.78 is 0. The van der Waals surface area contributed by atoms with Gasteiger partial charge in [-0.05, 0) is 30.5 Å². The summed E-state index contributed by atoms with van der Waals surface area (Å²) in [6.45, 7) is 2.06. The molecule has 0 spiro atoms. The van der Waals surface area contributed by atoms with Crippen LogP contribution < -0.4 is 5.32 Å². The Bertz CT molecular complexity index is 548. The maximum absolute atomic E-state index is 11.9. The maximum atomic E-state index is 11.9. The van der Waals surface area contributed by atoms with Crippen molar-refractivity contribution in [3.63, 3.8) is 0 Å². The molecule has 0 aromatic heterocycles. The van der Waals surface area contributed by atoms with Crippen molar-refractivity contribution in [2.45, 2.75) is 13.3 Å². The molecule has 1 fully saturated rings. The highest BCUT2D eigenvalue weighted by Crippen LogP contribution is 2.38. The second kappa shape index (κ2) is 6.02. The minimum Gasteiger partial charge on any atom is -0.336 e. The van der Waals surface area contributed by atoms with E-state index in [0.29, 0.717) is 21.7 Å². The van der Waals surface area contributed by atoms with Gasteiger partial charge in [0, 0.05) is 18.7 Å². The minimum absolute atomic E-state index is 0.0294. The molecule has 2 rings (SSSR count). The van der Waals surface area contributed by atoms with Crippen molar-refractivity contribution in [2.75, 3.05) is 18.9 Å². The fourth-order valence-corrected chi connectivity index (χ4v) is 2.32. The molecule has 6 heteroatoms. The van der Waals surface area contributed by atoms with Gasteiger partial charge in [-0.2, -0.15) is 0 Å². The molecule has 1 aromatic rings. The maximum Gasteiger partial charge on any atom is 0.243 e. The molecule has 1 aromatic carbocycles. The molecule has 0 unspecified atom stereocenters. The van der Waals surface area contributed by atoms with Gasteiger partial charge in [0.15, 0.2) is 0 Å². The number of amides is 2. The summed E-state index contributed by atoms with van der Waals surface area (Å²) in [5.74, 6) is 0.287. The van der Waals surface area contributed by atoms with Gasteiger partial charge in [-0.3, -0.25) is 9.59 Å². The van der Waals surface area contributed by atoms with Gasteiger partial charge in [-0.25, -0.2) is 0 Å². The van der Waals surface area contributed by atoms with Gasteiger partial charge < -0.3 is 10.2 Å². The zero-order valence-electron chi connectivity index (χ0n) is 11.3. The van der Waals surface area contributed by atoms with Crippen molar-refractivity contribution in [3.8, 4) is 0 Å². The molecular weight excluding hydrogens is 299 g/mol. The highest BCUT2D eigenvalue weighted by atomic mass is 35.5. The first-order valence-electron chi connectivity index (χ1n) is 6.38. The van der Waals surface area contributed by atoms with Gasteiger partial charge in [0.2, 0.25) is 11.8 Å². The first kappa shape index (κ1) is 15.1. The van der Waals surface area contributed by atoms with Crippen LogP contribution in [0, 0.1) is 11.8 Å². The number of rotatable bonds is 4. The smallest absolute Gasteiger partial charge is 0.243 e. The highest BCUT2D eigenvalue weighted by molar-refractivity contribution is 6.42. The molecule has 2 atom stereocenters. The van der Waals surface area contributed by atoms with E-state index in [9.17, 15) is 9.59 Å². The number of halogens is 2. The normalized spacial score (nSPS) is 20.4. The summed E-state index contributed by atoms with van der Waals surface area (Å²) in [5.41, 5.74) is 0.560. The number of anilines is 1. The van der Waals surface area contributed by atoms with Gasteiger partial charge in [0.05, 0.1) is 16.6 Å². The summed E-state index contributed by atoms with van der Waals surface area (Å²) in [7, 11) is 1.64. The van der Waals surface area contributed by atoms with Crippen LogP contribution >= 0.6 is 23.2 Å². The van der Waals surface area contributed by atoms with Crippen LogP contribution in [0.3, 0.4) is 0 Å². The number of hydrogen-bond acceptors (Lipinski definition) is 2. The van der Waals surface area contributed by atoms with Crippen LogP contribution in [0.1, 0.15) is 13.3 Å². The predicted octanol–water partition coefficient (Wildman–Crippen LogP) is 3.05. The molecular formula is C14H16Cl2N2O2. The Morgan fingerprint density at radius 2 is 2.00 bits per heavy atom. The summed E-state index contributed by atoms with van der Waals surface area (Å²) in [4.78, 5) is 25.2. The Kier molecular flexibility index (Phi) is 4.55. The standard InChI is InChI=1S/C14H16Cl2N2O2/c1-8-5-10(8)14(20)18(2)7-13(19)17-9-3-4-11(15)12(16)6-9/h3-4,6,8,10H,5,7H2,1-2H3,(H,17,19)/t8-,10+/m1/s1. The predicted molar refractivity (Wildman–Crippen MR) is 80.0 cm³/mol. The Morgan fingerprint density at radius 3 is 2.55 bits per heavy atom. The molecule has 0 bridgehead atoms. The molecule has 1 aliphatic carbocycles. The van der Waals surface area contributed by atoms with Crippen LogP contribution in [-0.2, 0) is 9.59 Å². The van der Waals surface area contributed by atoms with Gasteiger partial charge in [0.25, 0.3) is 0 Å². The Morgan fingerprint density at radius 1 is 1.35 bits per heavy atom. The zero-order chi connectivity index (χ0) is 14.9. The average molecular weight is 315 g/mol. The summed E-state index contributed by atoms with van der Waals surface area (Å²) in [6.07, 6.45) is 0.914. The third-order valence-corrected chi connectivity index (χ3v) is 4.13. The molecule has 1 N–H and O–H groups in total. The molecule has 20 heavy (non-hydrogen) atoms. The topological polar surface area (TPSA) is 49.4 Å². The van der Waals surface area contributed by atoms with Gasteiger partial charge >= 0.3 is 0 Å². The van der Waals surface area contributed by atoms with Gasteiger partial charge in [-0.1, -0.05) is 30.1 Å². The second-order valence-electron chi connectivity index (χ2n) is 5.19. The van der Waals surface area contributed by atoms with Crippen LogP contribution in [-0.4, -0.2) is 30.3 Å². The second-order valence-corrected chi connectivity index (χ2v) is 6.01. The van der Waals surface area contributed by atoms with Crippen LogP contribution in [0.2, 0.25) is 10.0 Å². The molecule has 0 aliphatic heterocycles. The van der Waals surface area contributed by atoms with Crippen molar-refractivity contribution in [2.24, 2.45) is 11.8 Å². The summed E-state index contributed by atoms with van der Waals surface area (Å²) >= 11 is 11.7. The van der Waals surface area contributed by atoms with Crippen molar-refractivity contribution in [3.05, 3.63) is 28.2 Å². The van der Waals surface area contributed by atoms with E-state index in [4.69, 9.17) is 23.2 Å². The van der Waals surface area contributed by atoms with E-state index in [2.05, 4.69) is 5.32 Å². The Hall–Kier alpha value is -1.26. The third kappa shape index (κ3) is 3.64. The van der Waals surface area contributed by atoms with Crippen molar-refractivity contribution in [1.29, 1.82) is 0 Å². The first-order valence-corrected chi connectivity index (χ1v) is 7.14. The molecule has 2 amide bonds. The molecule has 108 valence electrons. The molecule has 4 nitrogen and oxygen atoms in total. The Balaban J connectivity index is 1.88. The minimum atomic E-state index is -0.257. The third-order valence-electron chi connectivity index (χ3n) is 3.39. The monoisotopic (exact) mass is 314 g/mol. The summed E-state index contributed by atoms with van der Waals surface area (Å²) in [6, 6.07) is 4.85. The van der Waals surface area contributed by atoms with Crippen LogP contribution in [0.25, 0.3) is 0 Å². The fourth-order valence-electron chi connectivity index (χ4n) is 2.02. The van der Waals surface area contributed by atoms with Crippen LogP contribution in [0.5, 0.6) is 0 Å². The van der Waals surface area contributed by atoms with Crippen molar-refractivity contribution < 1.29 is 9.59 Å². The molecule has 1 saturated carbocycles. The quantitative estimate of drug-likeness (QED) is 0.928. The number of nitrogens with one attached hydrogen (secondary N) is 1. The number of carbonyl (C=O) groups excluding carboxylic acids is 2. The lowest BCUT2D eigenvalue weighted by Gasteiger charge is -2.16. The molecule has 0 saturated heterocycles. The number of carbonyl (C=O) groups is 2. The zero-order valence-corrected chi connectivity index (χ0v) is 12.8. The number of likely N-dealkylation sites (N-methyl/N-ethyl adjacent to an activating group) is 1. The highest BCUT2D eigenvalue weighted by Gasteiger charge is 2.40. The molecule has 1 aliphatic rings. The van der Waals surface area contributed by atoms with Crippen molar-refractivity contribution >= 4 is 40.7 Å². The van der Waals surface area contributed by atoms with E-state index in [-0.39, 0.29) is 24.3 Å². The van der Waals surface area contributed by atoms with E-state index in [1.165, 1.54) is 4.90 Å². The lowest BCUT2D eigenvalue weighted by atomic mass is 10.3. The fraction of sp³-hybridized carbons (Fsp3) is 0.429. The lowest BCUT2D eigenvalue weighted by Crippen LogP contribution is -2.36. The summed E-state index contributed by atoms with van der Waals surface area (Å²) in [5, 5.41) is 3.50. The van der Waals surface area contributed by atoms with Crippen molar-refractivity contribution in [1.82, 2.24) is 4.90 Å². The van der Waals surface area contributed by atoms with Gasteiger partial charge in [-0.15, -0.1) is 0 Å². The van der Waals surface area contributed by atoms with E-state index < -0.39 is 0 Å². The number of nitrogens with zero attached hydrogens (tertiary/aromatic N) is 1.